The van der Waals surface area contributed by atoms with Crippen LogP contribution in [-0.4, -0.2) is 25.0 Å². The van der Waals surface area contributed by atoms with E-state index in [1.165, 1.54) is 31.2 Å². The normalized spacial score (nSPS) is 44.6. The van der Waals surface area contributed by atoms with Gasteiger partial charge < -0.3 is 5.32 Å². The van der Waals surface area contributed by atoms with Gasteiger partial charge in [0.1, 0.15) is 12.0 Å². The Balaban J connectivity index is 1.48. The second kappa shape index (κ2) is 6.65. The molecule has 2 nitrogen and oxygen atoms in total. The molecular formula is C25H34FNO. The molecule has 1 aromatic rings. The molecule has 0 amide bonds. The Morgan fingerprint density at radius 3 is 2.71 bits per heavy atom. The Hall–Kier alpha value is -1.22. The maximum absolute atomic E-state index is 14.4. The van der Waals surface area contributed by atoms with Crippen LogP contribution in [0.3, 0.4) is 0 Å². The van der Waals surface area contributed by atoms with E-state index in [-0.39, 0.29) is 16.7 Å². The van der Waals surface area contributed by atoms with E-state index in [0.29, 0.717) is 30.1 Å². The van der Waals surface area contributed by atoms with Gasteiger partial charge in [-0.2, -0.15) is 0 Å². The molecule has 1 heterocycles. The van der Waals surface area contributed by atoms with Crippen LogP contribution >= 0.6 is 0 Å². The third kappa shape index (κ3) is 2.88. The molecule has 0 aromatic heterocycles. The molecule has 0 spiro atoms. The summed E-state index contributed by atoms with van der Waals surface area (Å²) in [6.45, 7) is 3.59. The molecule has 1 saturated heterocycles. The van der Waals surface area contributed by atoms with Crippen molar-refractivity contribution in [3.05, 3.63) is 35.9 Å². The third-order valence-electron chi connectivity index (χ3n) is 8.90. The Bertz CT molecular complexity index is 750. The van der Waals surface area contributed by atoms with Gasteiger partial charge >= 0.3 is 0 Å². The zero-order chi connectivity index (χ0) is 19.4. The molecule has 5 aliphatic rings. The average molecular weight is 384 g/mol. The highest BCUT2D eigenvalue weighted by Gasteiger charge is 2.65. The maximum Gasteiger partial charge on any atom is 0.139 e. The predicted molar refractivity (Wildman–Crippen MR) is 110 cm³/mol. The van der Waals surface area contributed by atoms with Crippen molar-refractivity contribution >= 4 is 5.78 Å². The second-order valence-electron chi connectivity index (χ2n) is 10.7. The predicted octanol–water partition coefficient (Wildman–Crippen LogP) is 5.21. The van der Waals surface area contributed by atoms with Crippen LogP contribution in [0.25, 0.3) is 0 Å². The number of halogens is 1. The van der Waals surface area contributed by atoms with Crippen molar-refractivity contribution in [1.82, 2.24) is 5.32 Å². The van der Waals surface area contributed by atoms with Gasteiger partial charge in [0.05, 0.1) is 0 Å². The molecule has 4 bridgehead atoms. The molecule has 4 saturated carbocycles. The number of rotatable bonds is 5. The zero-order valence-electron chi connectivity index (χ0n) is 17.2. The van der Waals surface area contributed by atoms with Crippen molar-refractivity contribution in [2.45, 2.75) is 76.3 Å². The van der Waals surface area contributed by atoms with E-state index in [2.05, 4.69) is 42.6 Å². The van der Waals surface area contributed by atoms with Crippen molar-refractivity contribution in [3.63, 3.8) is 0 Å². The minimum atomic E-state index is -0.866. The van der Waals surface area contributed by atoms with Crippen molar-refractivity contribution < 1.29 is 9.18 Å². The number of ketones is 1. The van der Waals surface area contributed by atoms with Crippen molar-refractivity contribution in [2.75, 3.05) is 13.1 Å². The molecule has 1 aromatic carbocycles. The molecule has 1 N–H and O–H groups in total. The number of carbonyl (C=O) groups is 1. The molecule has 2 unspecified atom stereocenters. The van der Waals surface area contributed by atoms with Crippen LogP contribution in [-0.2, 0) is 10.2 Å². The first-order chi connectivity index (χ1) is 13.5. The van der Waals surface area contributed by atoms with Crippen LogP contribution < -0.4 is 5.32 Å². The third-order valence-corrected chi connectivity index (χ3v) is 8.90. The summed E-state index contributed by atoms with van der Waals surface area (Å²) in [7, 11) is 0. The van der Waals surface area contributed by atoms with Gasteiger partial charge in [-0.15, -0.1) is 0 Å². The number of alkyl halides is 1. The van der Waals surface area contributed by atoms with Crippen LogP contribution in [0.4, 0.5) is 4.39 Å². The fourth-order valence-electron chi connectivity index (χ4n) is 8.02. The van der Waals surface area contributed by atoms with Gasteiger partial charge in [0.25, 0.3) is 0 Å². The summed E-state index contributed by atoms with van der Waals surface area (Å²) in [6.07, 6.45) is 8.47. The Kier molecular flexibility index (Phi) is 4.46. The standard InChI is InChI=1S/C25H34FNO/c1-2-23-11-18-12-24(15-23,20-6-4-3-5-7-20)17-25(13-18,16-23)22(28)10-19-8-9-27-14-21(19)26/h3-7,18-19,21,27H,2,8-17H2,1H3/t18?,19-,21-,23+,24+,25?/m0/s1. The van der Waals surface area contributed by atoms with E-state index in [1.807, 2.05) is 0 Å². The van der Waals surface area contributed by atoms with Crippen molar-refractivity contribution in [2.24, 2.45) is 22.7 Å². The number of piperidine rings is 1. The molecule has 3 heteroatoms. The zero-order valence-corrected chi connectivity index (χ0v) is 17.2. The first kappa shape index (κ1) is 18.8. The number of carbonyl (C=O) groups excluding carboxylic acids is 1. The van der Waals surface area contributed by atoms with Gasteiger partial charge in [0, 0.05) is 18.4 Å². The monoisotopic (exact) mass is 383 g/mol. The summed E-state index contributed by atoms with van der Waals surface area (Å²) in [6, 6.07) is 11.0. The molecule has 6 rings (SSSR count). The first-order valence-corrected chi connectivity index (χ1v) is 11.4. The molecule has 5 fully saturated rings. The van der Waals surface area contributed by atoms with Crippen LogP contribution in [0, 0.1) is 22.7 Å². The van der Waals surface area contributed by atoms with Crippen LogP contribution in [0.15, 0.2) is 30.3 Å². The average Bonchev–Trinajstić information content (AvgIpc) is 2.69. The summed E-state index contributed by atoms with van der Waals surface area (Å²) in [5.41, 5.74) is 1.72. The smallest absolute Gasteiger partial charge is 0.139 e. The lowest BCUT2D eigenvalue weighted by molar-refractivity contribution is -0.162. The molecule has 6 atom stereocenters. The van der Waals surface area contributed by atoms with Crippen LogP contribution in [0.1, 0.15) is 70.3 Å². The number of benzene rings is 1. The van der Waals surface area contributed by atoms with E-state index >= 15 is 0 Å². The summed E-state index contributed by atoms with van der Waals surface area (Å²) in [5, 5.41) is 3.13. The Labute approximate surface area is 168 Å². The van der Waals surface area contributed by atoms with E-state index in [4.69, 9.17) is 0 Å². The van der Waals surface area contributed by atoms with Gasteiger partial charge in [0.2, 0.25) is 0 Å². The van der Waals surface area contributed by atoms with E-state index < -0.39 is 6.17 Å². The number of nitrogens with one attached hydrogen (secondary N) is 1. The fraction of sp³-hybridized carbons (Fsp3) is 0.720. The molecule has 0 radical (unpaired) electrons. The molecule has 1 aliphatic heterocycles. The van der Waals surface area contributed by atoms with E-state index in [1.54, 1.807) is 0 Å². The highest BCUT2D eigenvalue weighted by atomic mass is 19.1. The summed E-state index contributed by atoms with van der Waals surface area (Å²) >= 11 is 0. The number of hydrogen-bond acceptors (Lipinski definition) is 2. The highest BCUT2D eigenvalue weighted by molar-refractivity contribution is 5.86. The number of hydrogen-bond donors (Lipinski definition) is 1. The van der Waals surface area contributed by atoms with Gasteiger partial charge in [0.15, 0.2) is 0 Å². The highest BCUT2D eigenvalue weighted by Crippen LogP contribution is 2.71. The van der Waals surface area contributed by atoms with Gasteiger partial charge in [-0.05, 0) is 79.7 Å². The van der Waals surface area contributed by atoms with E-state index in [0.717, 1.165) is 32.2 Å². The van der Waals surface area contributed by atoms with Crippen LogP contribution in [0.5, 0.6) is 0 Å². The lowest BCUT2D eigenvalue weighted by Crippen LogP contribution is -2.61. The Morgan fingerprint density at radius 1 is 1.14 bits per heavy atom. The summed E-state index contributed by atoms with van der Waals surface area (Å²) in [4.78, 5) is 13.8. The molecule has 28 heavy (non-hydrogen) atoms. The first-order valence-electron chi connectivity index (χ1n) is 11.4. The lowest BCUT2D eigenvalue weighted by Gasteiger charge is -2.66. The van der Waals surface area contributed by atoms with Crippen molar-refractivity contribution in [3.8, 4) is 0 Å². The van der Waals surface area contributed by atoms with E-state index in [9.17, 15) is 9.18 Å². The quantitative estimate of drug-likeness (QED) is 0.756. The van der Waals surface area contributed by atoms with Gasteiger partial charge in [-0.1, -0.05) is 43.7 Å². The van der Waals surface area contributed by atoms with Crippen LogP contribution in [0.2, 0.25) is 0 Å². The van der Waals surface area contributed by atoms with Gasteiger partial charge in [-0.25, -0.2) is 4.39 Å². The summed E-state index contributed by atoms with van der Waals surface area (Å²) in [5.74, 6) is 0.978. The minimum absolute atomic E-state index is 0.0768. The Morgan fingerprint density at radius 2 is 1.96 bits per heavy atom. The summed E-state index contributed by atoms with van der Waals surface area (Å²) < 4.78 is 14.4. The van der Waals surface area contributed by atoms with Gasteiger partial charge in [-0.3, -0.25) is 4.79 Å². The number of Topliss-reactive ketones (excluding diaryl/α,β-unsaturated/α-hetero) is 1. The molecular weight excluding hydrogens is 349 g/mol. The topological polar surface area (TPSA) is 29.1 Å². The second-order valence-corrected chi connectivity index (χ2v) is 10.7. The molecule has 152 valence electrons. The lowest BCUT2D eigenvalue weighted by atomic mass is 9.37. The SMILES string of the molecule is CC[C@]12CC3CC(C(=O)C[C@@H]4CCNC[C@@H]4F)(C1)C[C@@](c1ccccc1)(C3)C2. The largest absolute Gasteiger partial charge is 0.314 e. The minimum Gasteiger partial charge on any atom is -0.314 e. The maximum atomic E-state index is 14.4. The van der Waals surface area contributed by atoms with Crippen molar-refractivity contribution in [1.29, 1.82) is 0 Å². The fourth-order valence-corrected chi connectivity index (χ4v) is 8.02. The molecule has 4 aliphatic carbocycles.